The van der Waals surface area contributed by atoms with Crippen molar-refractivity contribution in [3.63, 3.8) is 0 Å². The van der Waals surface area contributed by atoms with E-state index in [4.69, 9.17) is 0 Å². The van der Waals surface area contributed by atoms with Crippen LogP contribution in [-0.2, 0) is 0 Å². The van der Waals surface area contributed by atoms with Gasteiger partial charge in [0.05, 0.1) is 0 Å². The molecule has 3 nitrogen and oxygen atoms in total. The molecule has 3 heteroatoms. The Kier molecular flexibility index (Phi) is 2.08. The Morgan fingerprint density at radius 2 is 2.00 bits per heavy atom. The number of fused-ring (bicyclic) bond motifs is 2. The molecule has 0 aromatic heterocycles. The smallest absolute Gasteiger partial charge is 0.0249 e. The first-order chi connectivity index (χ1) is 6.80. The number of hydrogen-bond donors (Lipinski definition) is 2. The van der Waals surface area contributed by atoms with Crippen molar-refractivity contribution in [3.05, 3.63) is 0 Å². The highest BCUT2D eigenvalue weighted by atomic mass is 15.2. The van der Waals surface area contributed by atoms with E-state index in [1.807, 2.05) is 0 Å². The van der Waals surface area contributed by atoms with E-state index in [0.29, 0.717) is 5.54 Å². The molecule has 3 aliphatic rings. The fourth-order valence-corrected chi connectivity index (χ4v) is 3.81. The maximum Gasteiger partial charge on any atom is 0.0249 e. The Bertz CT molecular complexity index is 217. The summed E-state index contributed by atoms with van der Waals surface area (Å²) >= 11 is 0. The molecule has 0 amide bonds. The van der Waals surface area contributed by atoms with Gasteiger partial charge < -0.3 is 15.5 Å². The Labute approximate surface area is 86.2 Å². The molecule has 3 heterocycles. The maximum absolute atomic E-state index is 3.83. The van der Waals surface area contributed by atoms with E-state index in [1.165, 1.54) is 45.6 Å². The second-order valence-corrected chi connectivity index (χ2v) is 5.37. The van der Waals surface area contributed by atoms with Crippen molar-refractivity contribution in [2.75, 3.05) is 39.8 Å². The van der Waals surface area contributed by atoms with Gasteiger partial charge in [0.25, 0.3) is 0 Å². The lowest BCUT2D eigenvalue weighted by atomic mass is 9.76. The number of nitrogens with zero attached hydrogens (tertiary/aromatic N) is 1. The number of likely N-dealkylation sites (tertiary alicyclic amines) is 1. The van der Waals surface area contributed by atoms with Crippen molar-refractivity contribution < 1.29 is 0 Å². The Balaban J connectivity index is 1.80. The molecule has 2 atom stereocenters. The van der Waals surface area contributed by atoms with E-state index >= 15 is 0 Å². The molecule has 0 aromatic rings. The van der Waals surface area contributed by atoms with E-state index in [9.17, 15) is 0 Å². The summed E-state index contributed by atoms with van der Waals surface area (Å²) in [5.74, 6) is 1.85. The summed E-state index contributed by atoms with van der Waals surface area (Å²) in [7, 11) is 2.27. The van der Waals surface area contributed by atoms with Gasteiger partial charge in [0.15, 0.2) is 0 Å². The average molecular weight is 195 g/mol. The molecule has 80 valence electrons. The molecule has 0 bridgehead atoms. The molecule has 1 spiro atoms. The van der Waals surface area contributed by atoms with Crippen molar-refractivity contribution in [1.29, 1.82) is 0 Å². The molecular formula is C11H21N3. The zero-order valence-corrected chi connectivity index (χ0v) is 9.05. The quantitative estimate of drug-likeness (QED) is 0.565. The van der Waals surface area contributed by atoms with E-state index < -0.39 is 0 Å². The van der Waals surface area contributed by atoms with Crippen LogP contribution in [0.25, 0.3) is 0 Å². The van der Waals surface area contributed by atoms with Crippen LogP contribution in [0.4, 0.5) is 0 Å². The van der Waals surface area contributed by atoms with Crippen LogP contribution in [0.15, 0.2) is 0 Å². The zero-order valence-electron chi connectivity index (χ0n) is 9.05. The Morgan fingerprint density at radius 3 is 2.79 bits per heavy atom. The van der Waals surface area contributed by atoms with Gasteiger partial charge in [0, 0.05) is 25.2 Å². The van der Waals surface area contributed by atoms with Crippen LogP contribution in [0.2, 0.25) is 0 Å². The molecule has 2 unspecified atom stereocenters. The standard InChI is InChI=1S/C11H21N3/c1-14-7-9-6-13-11(10(9)8-14)2-4-12-5-3-11/h9-10,12-13H,2-8H2,1H3. The third-order valence-electron chi connectivity index (χ3n) is 4.55. The summed E-state index contributed by atoms with van der Waals surface area (Å²) in [6.07, 6.45) is 2.67. The summed E-state index contributed by atoms with van der Waals surface area (Å²) in [4.78, 5) is 2.51. The van der Waals surface area contributed by atoms with Crippen molar-refractivity contribution in [3.8, 4) is 0 Å². The summed E-state index contributed by atoms with van der Waals surface area (Å²) in [5.41, 5.74) is 0.501. The summed E-state index contributed by atoms with van der Waals surface area (Å²) < 4.78 is 0. The van der Waals surface area contributed by atoms with Gasteiger partial charge in [-0.05, 0) is 44.8 Å². The third kappa shape index (κ3) is 1.23. The summed E-state index contributed by atoms with van der Waals surface area (Å²) in [6, 6.07) is 0. The van der Waals surface area contributed by atoms with Gasteiger partial charge in [-0.2, -0.15) is 0 Å². The van der Waals surface area contributed by atoms with Gasteiger partial charge in [-0.3, -0.25) is 0 Å². The number of nitrogens with one attached hydrogen (secondary N) is 2. The predicted molar refractivity (Wildman–Crippen MR) is 57.3 cm³/mol. The second-order valence-electron chi connectivity index (χ2n) is 5.37. The van der Waals surface area contributed by atoms with Gasteiger partial charge in [0.1, 0.15) is 0 Å². The first-order valence-electron chi connectivity index (χ1n) is 5.94. The van der Waals surface area contributed by atoms with E-state index in [0.717, 1.165) is 11.8 Å². The van der Waals surface area contributed by atoms with E-state index in [2.05, 4.69) is 22.6 Å². The lowest BCUT2D eigenvalue weighted by Crippen LogP contribution is -2.53. The highest BCUT2D eigenvalue weighted by Crippen LogP contribution is 2.41. The minimum absolute atomic E-state index is 0.501. The molecule has 0 saturated carbocycles. The number of piperidine rings is 1. The number of hydrogen-bond acceptors (Lipinski definition) is 3. The molecule has 0 radical (unpaired) electrons. The van der Waals surface area contributed by atoms with Gasteiger partial charge in [-0.15, -0.1) is 0 Å². The Hall–Kier alpha value is -0.120. The van der Waals surface area contributed by atoms with Crippen molar-refractivity contribution in [2.24, 2.45) is 11.8 Å². The molecule has 14 heavy (non-hydrogen) atoms. The highest BCUT2D eigenvalue weighted by Gasteiger charge is 2.51. The topological polar surface area (TPSA) is 27.3 Å². The first kappa shape index (κ1) is 9.13. The largest absolute Gasteiger partial charge is 0.317 e. The maximum atomic E-state index is 3.83. The monoisotopic (exact) mass is 195 g/mol. The fraction of sp³-hybridized carbons (Fsp3) is 1.00. The molecule has 0 aliphatic carbocycles. The normalized spacial score (nSPS) is 41.8. The SMILES string of the molecule is CN1CC2CNC3(CCNCC3)C2C1. The van der Waals surface area contributed by atoms with Crippen LogP contribution in [0.5, 0.6) is 0 Å². The minimum atomic E-state index is 0.501. The molecular weight excluding hydrogens is 174 g/mol. The minimum Gasteiger partial charge on any atom is -0.317 e. The number of rotatable bonds is 0. The summed E-state index contributed by atoms with van der Waals surface area (Å²) in [5, 5.41) is 7.30. The van der Waals surface area contributed by atoms with Crippen LogP contribution in [0.1, 0.15) is 12.8 Å². The predicted octanol–water partition coefficient (Wildman–Crippen LogP) is -0.110. The Morgan fingerprint density at radius 1 is 1.21 bits per heavy atom. The van der Waals surface area contributed by atoms with E-state index in [-0.39, 0.29) is 0 Å². The molecule has 3 rings (SSSR count). The fourth-order valence-electron chi connectivity index (χ4n) is 3.81. The second kappa shape index (κ2) is 3.19. The molecule has 0 aromatic carbocycles. The van der Waals surface area contributed by atoms with E-state index in [1.54, 1.807) is 0 Å². The van der Waals surface area contributed by atoms with Crippen LogP contribution in [-0.4, -0.2) is 50.2 Å². The van der Waals surface area contributed by atoms with Gasteiger partial charge in [-0.25, -0.2) is 0 Å². The van der Waals surface area contributed by atoms with Gasteiger partial charge in [0.2, 0.25) is 0 Å². The van der Waals surface area contributed by atoms with Crippen LogP contribution in [0, 0.1) is 11.8 Å². The molecule has 3 aliphatic heterocycles. The van der Waals surface area contributed by atoms with Crippen LogP contribution in [0.3, 0.4) is 0 Å². The van der Waals surface area contributed by atoms with Crippen molar-refractivity contribution in [2.45, 2.75) is 18.4 Å². The van der Waals surface area contributed by atoms with Crippen LogP contribution >= 0.6 is 0 Å². The lowest BCUT2D eigenvalue weighted by molar-refractivity contribution is 0.194. The van der Waals surface area contributed by atoms with Gasteiger partial charge >= 0.3 is 0 Å². The average Bonchev–Trinajstić information content (AvgIpc) is 2.70. The van der Waals surface area contributed by atoms with Gasteiger partial charge in [-0.1, -0.05) is 0 Å². The highest BCUT2D eigenvalue weighted by molar-refractivity contribution is 5.09. The lowest BCUT2D eigenvalue weighted by Gasteiger charge is -2.39. The first-order valence-corrected chi connectivity index (χ1v) is 5.94. The zero-order chi connectivity index (χ0) is 9.60. The van der Waals surface area contributed by atoms with Crippen LogP contribution < -0.4 is 10.6 Å². The molecule has 3 fully saturated rings. The third-order valence-corrected chi connectivity index (χ3v) is 4.55. The molecule has 2 N–H and O–H groups in total. The molecule has 3 saturated heterocycles. The van der Waals surface area contributed by atoms with Crippen molar-refractivity contribution >= 4 is 0 Å². The van der Waals surface area contributed by atoms with Crippen molar-refractivity contribution in [1.82, 2.24) is 15.5 Å². The summed E-state index contributed by atoms with van der Waals surface area (Å²) in [6.45, 7) is 6.30.